The van der Waals surface area contributed by atoms with Crippen molar-refractivity contribution in [3.63, 3.8) is 0 Å². The summed E-state index contributed by atoms with van der Waals surface area (Å²) >= 11 is 1.74. The zero-order chi connectivity index (χ0) is 16.8. The Labute approximate surface area is 147 Å². The second-order valence-corrected chi connectivity index (χ2v) is 6.55. The highest BCUT2D eigenvalue weighted by Crippen LogP contribution is 2.24. The largest absolute Gasteiger partial charge is 0.363 e. The molecule has 0 amide bonds. The van der Waals surface area contributed by atoms with Gasteiger partial charge in [-0.2, -0.15) is 0 Å². The molecule has 3 aromatic carbocycles. The molecule has 0 radical (unpaired) electrons. The first-order chi connectivity index (χ1) is 11.7. The molecule has 0 heterocycles. The molecule has 3 heteroatoms. The van der Waals surface area contributed by atoms with Crippen LogP contribution < -0.4 is 4.90 Å². The molecule has 3 rings (SSSR count). The van der Waals surface area contributed by atoms with Gasteiger partial charge in [-0.1, -0.05) is 42.5 Å². The van der Waals surface area contributed by atoms with E-state index in [1.165, 1.54) is 28.3 Å². The van der Waals surface area contributed by atoms with Gasteiger partial charge >= 0.3 is 0 Å². The van der Waals surface area contributed by atoms with Crippen LogP contribution in [0.15, 0.2) is 83.8 Å². The molecule has 0 fully saturated rings. The molecule has 0 aromatic heterocycles. The van der Waals surface area contributed by atoms with Crippen molar-refractivity contribution in [2.45, 2.75) is 18.0 Å². The lowest BCUT2D eigenvalue weighted by atomic mass is 10.1. The normalized spacial score (nSPS) is 10.6. The van der Waals surface area contributed by atoms with Crippen molar-refractivity contribution in [2.24, 2.45) is 0 Å². The van der Waals surface area contributed by atoms with Crippen LogP contribution in [-0.4, -0.2) is 6.26 Å². The second-order valence-electron chi connectivity index (χ2n) is 5.67. The summed E-state index contributed by atoms with van der Waals surface area (Å²) in [6.45, 7) is 1.56. The van der Waals surface area contributed by atoms with Crippen molar-refractivity contribution in [3.8, 4) is 0 Å². The lowest BCUT2D eigenvalue weighted by Crippen LogP contribution is -2.22. The van der Waals surface area contributed by atoms with Gasteiger partial charge in [0.2, 0.25) is 0 Å². The topological polar surface area (TPSA) is 3.24 Å². The number of thioether (sulfide) groups is 1. The number of nitrogens with zero attached hydrogens (tertiary/aromatic N) is 1. The van der Waals surface area contributed by atoms with Crippen molar-refractivity contribution < 1.29 is 4.39 Å². The van der Waals surface area contributed by atoms with Gasteiger partial charge in [0.15, 0.2) is 0 Å². The molecule has 24 heavy (non-hydrogen) atoms. The van der Waals surface area contributed by atoms with E-state index in [9.17, 15) is 4.39 Å². The van der Waals surface area contributed by atoms with E-state index in [1.807, 2.05) is 18.2 Å². The predicted molar refractivity (Wildman–Crippen MR) is 101 cm³/mol. The Balaban J connectivity index is 1.85. The third-order valence-corrected chi connectivity index (χ3v) is 4.68. The number of hydrogen-bond donors (Lipinski definition) is 0. The standard InChI is InChI=1S/C21H20FNS/c1-24-21-13-11-20(12-14-21)23(15-17-5-3-2-4-6-17)16-18-7-9-19(22)10-8-18/h2-14H,15-16H2,1H3. The van der Waals surface area contributed by atoms with E-state index < -0.39 is 0 Å². The smallest absolute Gasteiger partial charge is 0.123 e. The van der Waals surface area contributed by atoms with Crippen molar-refractivity contribution in [1.29, 1.82) is 0 Å². The van der Waals surface area contributed by atoms with Gasteiger partial charge in [-0.15, -0.1) is 11.8 Å². The maximum Gasteiger partial charge on any atom is 0.123 e. The van der Waals surface area contributed by atoms with Crippen molar-refractivity contribution >= 4 is 17.4 Å². The van der Waals surface area contributed by atoms with Crippen LogP contribution in [0.25, 0.3) is 0 Å². The predicted octanol–water partition coefficient (Wildman–Crippen LogP) is 5.75. The summed E-state index contributed by atoms with van der Waals surface area (Å²) in [5.41, 5.74) is 3.52. The Morgan fingerprint density at radius 1 is 0.750 bits per heavy atom. The molecule has 0 bridgehead atoms. The maximum absolute atomic E-state index is 13.2. The Morgan fingerprint density at radius 3 is 1.92 bits per heavy atom. The van der Waals surface area contributed by atoms with Crippen LogP contribution in [0.4, 0.5) is 10.1 Å². The fourth-order valence-corrected chi connectivity index (χ4v) is 3.05. The molecule has 0 saturated heterocycles. The number of hydrogen-bond acceptors (Lipinski definition) is 2. The zero-order valence-corrected chi connectivity index (χ0v) is 14.5. The van der Waals surface area contributed by atoms with Crippen molar-refractivity contribution in [3.05, 3.63) is 95.8 Å². The van der Waals surface area contributed by atoms with Crippen molar-refractivity contribution in [2.75, 3.05) is 11.2 Å². The molecule has 122 valence electrons. The van der Waals surface area contributed by atoms with Gasteiger partial charge in [0.1, 0.15) is 5.82 Å². The van der Waals surface area contributed by atoms with E-state index in [0.29, 0.717) is 0 Å². The fourth-order valence-electron chi connectivity index (χ4n) is 2.65. The van der Waals surface area contributed by atoms with Gasteiger partial charge in [0.05, 0.1) is 0 Å². The molecule has 0 spiro atoms. The summed E-state index contributed by atoms with van der Waals surface area (Å²) in [6, 6.07) is 25.7. The van der Waals surface area contributed by atoms with Crippen molar-refractivity contribution in [1.82, 2.24) is 0 Å². The average Bonchev–Trinajstić information content (AvgIpc) is 2.64. The van der Waals surface area contributed by atoms with Gasteiger partial charge in [-0.25, -0.2) is 4.39 Å². The summed E-state index contributed by atoms with van der Waals surface area (Å²) in [4.78, 5) is 3.56. The first kappa shape index (κ1) is 16.6. The van der Waals surface area contributed by atoms with Gasteiger partial charge in [-0.05, 0) is 53.8 Å². The monoisotopic (exact) mass is 337 g/mol. The molecule has 0 atom stereocenters. The van der Waals surface area contributed by atoms with Crippen LogP contribution in [0.5, 0.6) is 0 Å². The van der Waals surface area contributed by atoms with E-state index in [0.717, 1.165) is 18.7 Å². The second kappa shape index (κ2) is 8.02. The van der Waals surface area contributed by atoms with E-state index in [4.69, 9.17) is 0 Å². The Hall–Kier alpha value is -2.26. The number of benzene rings is 3. The first-order valence-electron chi connectivity index (χ1n) is 7.92. The average molecular weight is 337 g/mol. The SMILES string of the molecule is CSc1ccc(N(Cc2ccccc2)Cc2ccc(F)cc2)cc1. The van der Waals surface area contributed by atoms with Crippen LogP contribution in [-0.2, 0) is 13.1 Å². The van der Waals surface area contributed by atoms with Crippen LogP contribution in [0, 0.1) is 5.82 Å². The molecule has 0 saturated carbocycles. The van der Waals surface area contributed by atoms with E-state index in [2.05, 4.69) is 59.7 Å². The van der Waals surface area contributed by atoms with E-state index in [1.54, 1.807) is 11.8 Å². The van der Waals surface area contributed by atoms with Gasteiger partial charge in [-0.3, -0.25) is 0 Å². The van der Waals surface area contributed by atoms with E-state index >= 15 is 0 Å². The van der Waals surface area contributed by atoms with Crippen LogP contribution >= 0.6 is 11.8 Å². The highest BCUT2D eigenvalue weighted by atomic mass is 32.2. The quantitative estimate of drug-likeness (QED) is 0.527. The number of halogens is 1. The van der Waals surface area contributed by atoms with Crippen LogP contribution in [0.1, 0.15) is 11.1 Å². The minimum Gasteiger partial charge on any atom is -0.363 e. The summed E-state index contributed by atoms with van der Waals surface area (Å²) in [7, 11) is 0. The minimum absolute atomic E-state index is 0.197. The molecule has 3 aromatic rings. The highest BCUT2D eigenvalue weighted by molar-refractivity contribution is 7.98. The molecule has 0 aliphatic rings. The molecule has 0 N–H and O–H groups in total. The lowest BCUT2D eigenvalue weighted by molar-refractivity contribution is 0.626. The maximum atomic E-state index is 13.2. The third-order valence-electron chi connectivity index (χ3n) is 3.94. The summed E-state index contributed by atoms with van der Waals surface area (Å²) in [5.74, 6) is -0.197. The highest BCUT2D eigenvalue weighted by Gasteiger charge is 2.09. The van der Waals surface area contributed by atoms with E-state index in [-0.39, 0.29) is 5.82 Å². The Kier molecular flexibility index (Phi) is 5.55. The summed E-state index contributed by atoms with van der Waals surface area (Å²) in [6.07, 6.45) is 2.08. The molecule has 0 aliphatic heterocycles. The first-order valence-corrected chi connectivity index (χ1v) is 9.14. The van der Waals surface area contributed by atoms with Gasteiger partial charge in [0, 0.05) is 23.7 Å². The van der Waals surface area contributed by atoms with Gasteiger partial charge in [0.25, 0.3) is 0 Å². The summed E-state index contributed by atoms with van der Waals surface area (Å²) < 4.78 is 13.2. The molecule has 0 aliphatic carbocycles. The Bertz CT molecular complexity index is 754. The zero-order valence-electron chi connectivity index (χ0n) is 13.7. The van der Waals surface area contributed by atoms with Crippen LogP contribution in [0.2, 0.25) is 0 Å². The molecular weight excluding hydrogens is 317 g/mol. The van der Waals surface area contributed by atoms with Crippen LogP contribution in [0.3, 0.4) is 0 Å². The lowest BCUT2D eigenvalue weighted by Gasteiger charge is -2.25. The number of rotatable bonds is 6. The third kappa shape index (κ3) is 4.39. The minimum atomic E-state index is -0.197. The number of anilines is 1. The van der Waals surface area contributed by atoms with Gasteiger partial charge < -0.3 is 4.90 Å². The summed E-state index contributed by atoms with van der Waals surface area (Å²) in [5, 5.41) is 0. The Morgan fingerprint density at radius 2 is 1.33 bits per heavy atom. The fraction of sp³-hybridized carbons (Fsp3) is 0.143. The molecule has 0 unspecified atom stereocenters. The molecular formula is C21H20FNS. The molecule has 1 nitrogen and oxygen atoms in total.